The van der Waals surface area contributed by atoms with E-state index in [1.54, 1.807) is 0 Å². The van der Waals surface area contributed by atoms with Gasteiger partial charge < -0.3 is 23.6 Å². The maximum Gasteiger partial charge on any atom is 0.330 e. The summed E-state index contributed by atoms with van der Waals surface area (Å²) in [5.41, 5.74) is -1.82. The molecule has 13 heteroatoms. The Labute approximate surface area is 184 Å². The van der Waals surface area contributed by atoms with E-state index in [0.29, 0.717) is 12.4 Å². The van der Waals surface area contributed by atoms with E-state index in [1.165, 1.54) is 11.8 Å². The number of alkyl halides is 1. The molecule has 31 heavy (non-hydrogen) atoms. The van der Waals surface area contributed by atoms with Crippen LogP contribution in [0.2, 0.25) is 0 Å². The van der Waals surface area contributed by atoms with E-state index in [1.807, 2.05) is 25.8 Å². The summed E-state index contributed by atoms with van der Waals surface area (Å²) in [5.74, 6) is 0.543. The van der Waals surface area contributed by atoms with Crippen molar-refractivity contribution in [2.45, 2.75) is 45.4 Å². The van der Waals surface area contributed by atoms with Gasteiger partial charge in [-0.05, 0) is 0 Å². The summed E-state index contributed by atoms with van der Waals surface area (Å²) in [4.78, 5) is 36.8. The predicted molar refractivity (Wildman–Crippen MR) is 114 cm³/mol. The third-order valence-electron chi connectivity index (χ3n) is 4.22. The van der Waals surface area contributed by atoms with Gasteiger partial charge in [0, 0.05) is 23.4 Å². The van der Waals surface area contributed by atoms with E-state index in [0.717, 1.165) is 16.8 Å². The molecular formula is C18H28FN2O8PS. The molecule has 0 aliphatic carbocycles. The second kappa shape index (κ2) is 12.2. The van der Waals surface area contributed by atoms with Crippen molar-refractivity contribution < 1.29 is 32.8 Å². The van der Waals surface area contributed by atoms with E-state index < -0.39 is 51.5 Å². The van der Waals surface area contributed by atoms with Crippen LogP contribution in [0.15, 0.2) is 21.9 Å². The highest BCUT2D eigenvalue weighted by atomic mass is 32.2. The first-order valence-electron chi connectivity index (χ1n) is 9.64. The summed E-state index contributed by atoms with van der Waals surface area (Å²) in [5, 5.41) is 9.54. The van der Waals surface area contributed by atoms with E-state index in [-0.39, 0.29) is 23.7 Å². The highest BCUT2D eigenvalue weighted by molar-refractivity contribution is 8.13. The number of ether oxygens (including phenoxy) is 2. The molecule has 0 amide bonds. The molecule has 0 aromatic carbocycles. The fraction of sp³-hybridized carbons (Fsp3) is 0.722. The van der Waals surface area contributed by atoms with Crippen LogP contribution < -0.4 is 11.2 Å². The molecule has 1 saturated heterocycles. The van der Waals surface area contributed by atoms with Gasteiger partial charge in [0.15, 0.2) is 26.5 Å². The van der Waals surface area contributed by atoms with Gasteiger partial charge in [-0.1, -0.05) is 32.5 Å². The molecule has 1 aliphatic heterocycles. The third kappa shape index (κ3) is 7.74. The van der Waals surface area contributed by atoms with E-state index in [9.17, 15) is 23.9 Å². The number of carbonyl (C=O) groups is 1. The highest BCUT2D eigenvalue weighted by Crippen LogP contribution is 2.36. The average Bonchev–Trinajstić information content (AvgIpc) is 3.01. The number of rotatable bonds is 11. The lowest BCUT2D eigenvalue weighted by Crippen LogP contribution is -2.36. The number of aromatic nitrogens is 2. The van der Waals surface area contributed by atoms with Crippen molar-refractivity contribution in [1.82, 2.24) is 9.55 Å². The van der Waals surface area contributed by atoms with Crippen LogP contribution in [0.25, 0.3) is 0 Å². The minimum absolute atomic E-state index is 0.0997. The maximum atomic E-state index is 14.8. The summed E-state index contributed by atoms with van der Waals surface area (Å²) in [7, 11) is -0.531. The van der Waals surface area contributed by atoms with Crippen molar-refractivity contribution in [3.8, 4) is 0 Å². The van der Waals surface area contributed by atoms with Gasteiger partial charge in [-0.3, -0.25) is 19.1 Å². The number of aliphatic hydroxyl groups excluding tert-OH is 1. The Hall–Kier alpha value is -1.14. The molecule has 0 spiro atoms. The molecule has 1 fully saturated rings. The quantitative estimate of drug-likeness (QED) is 0.350. The van der Waals surface area contributed by atoms with Crippen LogP contribution >= 0.6 is 20.8 Å². The molecule has 2 rings (SSSR count). The van der Waals surface area contributed by atoms with Crippen LogP contribution in [0.3, 0.4) is 0 Å². The minimum atomic E-state index is -1.76. The topological polar surface area (TPSA) is 129 Å². The summed E-state index contributed by atoms with van der Waals surface area (Å²) in [6.45, 7) is 5.93. The minimum Gasteiger partial charge on any atom is -0.394 e. The second-order valence-corrected chi connectivity index (χ2v) is 9.48. The van der Waals surface area contributed by atoms with Crippen LogP contribution in [0.5, 0.6) is 0 Å². The van der Waals surface area contributed by atoms with Crippen molar-refractivity contribution in [3.05, 3.63) is 33.1 Å². The number of halogens is 1. The molecule has 176 valence electrons. The number of nitrogens with one attached hydrogen (secondary N) is 1. The highest BCUT2D eigenvalue weighted by Gasteiger charge is 2.47. The van der Waals surface area contributed by atoms with Gasteiger partial charge in [-0.15, -0.1) is 0 Å². The van der Waals surface area contributed by atoms with Crippen LogP contribution in [0.1, 0.15) is 27.0 Å². The second-order valence-electron chi connectivity index (χ2n) is 7.72. The predicted octanol–water partition coefficient (Wildman–Crippen LogP) is 0.997. The van der Waals surface area contributed by atoms with Gasteiger partial charge in [0.2, 0.25) is 0 Å². The monoisotopic (exact) mass is 482 g/mol. The molecule has 1 aromatic heterocycles. The zero-order valence-electron chi connectivity index (χ0n) is 17.5. The number of hydrogen-bond acceptors (Lipinski definition) is 9. The molecule has 5 atom stereocenters. The number of aliphatic hydroxyl groups is 1. The lowest BCUT2D eigenvalue weighted by atomic mass is 10.00. The summed E-state index contributed by atoms with van der Waals surface area (Å²) in [6, 6.07) is 1.07. The molecule has 0 bridgehead atoms. The Kier molecular flexibility index (Phi) is 10.3. The summed E-state index contributed by atoms with van der Waals surface area (Å²) < 4.78 is 37.1. The lowest BCUT2D eigenvalue weighted by molar-refractivity contribution is -0.117. The fourth-order valence-corrected chi connectivity index (χ4v) is 4.02. The molecule has 1 aliphatic rings. The van der Waals surface area contributed by atoms with Crippen molar-refractivity contribution >= 4 is 25.9 Å². The van der Waals surface area contributed by atoms with E-state index >= 15 is 0 Å². The van der Waals surface area contributed by atoms with Gasteiger partial charge in [-0.25, -0.2) is 9.18 Å². The zero-order chi connectivity index (χ0) is 23.0. The first kappa shape index (κ1) is 26.1. The zero-order valence-corrected chi connectivity index (χ0v) is 19.4. The summed E-state index contributed by atoms with van der Waals surface area (Å²) >= 11 is 1.22. The molecule has 0 saturated carbocycles. The van der Waals surface area contributed by atoms with E-state index in [4.69, 9.17) is 18.5 Å². The number of H-pyrrole nitrogens is 1. The molecular weight excluding hydrogens is 454 g/mol. The van der Waals surface area contributed by atoms with Gasteiger partial charge >= 0.3 is 5.69 Å². The fourth-order valence-electron chi connectivity index (χ4n) is 2.58. The van der Waals surface area contributed by atoms with Gasteiger partial charge in [0.05, 0.1) is 26.4 Å². The Bertz CT molecular complexity index is 830. The molecule has 2 heterocycles. The Morgan fingerprint density at radius 3 is 2.74 bits per heavy atom. The van der Waals surface area contributed by atoms with Crippen molar-refractivity contribution in [2.75, 3.05) is 32.2 Å². The molecule has 2 unspecified atom stereocenters. The van der Waals surface area contributed by atoms with Crippen molar-refractivity contribution in [3.63, 3.8) is 0 Å². The standard InChI is InChI=1S/C18H28FN2O8PS/c1-18(2,3)16(24)31-9-8-26-6-7-27-30-29-14-11(10-22)28-15(13(14)19)21-5-4-12(23)20-17(21)25/h4-5,11,13-15,22,30H,6-10H2,1-3H3,(H,20,23,25)/t11-,13+,14?,15-/m1/s1. The van der Waals surface area contributed by atoms with E-state index in [2.05, 4.69) is 0 Å². The molecule has 0 radical (unpaired) electrons. The van der Waals surface area contributed by atoms with Crippen LogP contribution in [0, 0.1) is 5.41 Å². The first-order chi connectivity index (χ1) is 14.6. The maximum absolute atomic E-state index is 14.8. The smallest absolute Gasteiger partial charge is 0.330 e. The number of carbonyl (C=O) groups excluding carboxylic acids is 1. The number of aromatic amines is 1. The molecule has 1 aromatic rings. The van der Waals surface area contributed by atoms with Crippen LogP contribution in [0.4, 0.5) is 4.39 Å². The van der Waals surface area contributed by atoms with Gasteiger partial charge in [-0.2, -0.15) is 0 Å². The Morgan fingerprint density at radius 1 is 1.35 bits per heavy atom. The lowest BCUT2D eigenvalue weighted by Gasteiger charge is -2.18. The summed E-state index contributed by atoms with van der Waals surface area (Å²) in [6.07, 6.45) is -4.12. The number of nitrogens with zero attached hydrogens (tertiary/aromatic N) is 1. The molecule has 10 nitrogen and oxygen atoms in total. The SMILES string of the molecule is CC(C)(C)C(=O)SCCOCCOPOC1[C@@H](CO)O[C@@H](n2ccc(=O)[nH]c2=O)[C@H]1F. The van der Waals surface area contributed by atoms with Crippen molar-refractivity contribution in [1.29, 1.82) is 0 Å². The normalized spacial score (nSPS) is 24.3. The first-order valence-corrected chi connectivity index (χ1v) is 11.4. The Balaban J connectivity index is 1.69. The number of hydrogen-bond donors (Lipinski definition) is 2. The number of thioether (sulfide) groups is 1. The van der Waals surface area contributed by atoms with Gasteiger partial charge in [0.1, 0.15) is 12.2 Å². The van der Waals surface area contributed by atoms with Gasteiger partial charge in [0.25, 0.3) is 5.56 Å². The largest absolute Gasteiger partial charge is 0.394 e. The van der Waals surface area contributed by atoms with Crippen molar-refractivity contribution in [2.24, 2.45) is 5.41 Å². The third-order valence-corrected chi connectivity index (χ3v) is 6.15. The molecule has 2 N–H and O–H groups in total. The van der Waals surface area contributed by atoms with Crippen LogP contribution in [-0.2, 0) is 23.3 Å². The average molecular weight is 482 g/mol. The Morgan fingerprint density at radius 2 is 2.10 bits per heavy atom. The van der Waals surface area contributed by atoms with Crippen LogP contribution in [-0.4, -0.2) is 70.3 Å².